The van der Waals surface area contributed by atoms with Gasteiger partial charge in [-0.15, -0.1) is 0 Å². The maximum atomic E-state index is 14.0. The molecule has 3 aromatic rings. The van der Waals surface area contributed by atoms with E-state index in [-0.39, 0.29) is 22.6 Å². The second-order valence-electron chi connectivity index (χ2n) is 12.5. The van der Waals surface area contributed by atoms with Crippen LogP contribution in [0.4, 0.5) is 11.4 Å². The number of Topliss-reactive ketones (excluding diaryl/α,β-unsaturated/α-hetero) is 1. The molecule has 2 aliphatic heterocycles. The van der Waals surface area contributed by atoms with Crippen LogP contribution in [0.3, 0.4) is 0 Å². The van der Waals surface area contributed by atoms with Crippen LogP contribution in [-0.2, 0) is 14.9 Å². The van der Waals surface area contributed by atoms with Crippen LogP contribution >= 0.6 is 0 Å². The molecular weight excluding hydrogens is 472 g/mol. The van der Waals surface area contributed by atoms with Crippen LogP contribution in [0.15, 0.2) is 84.1 Å². The van der Waals surface area contributed by atoms with Gasteiger partial charge in [-0.25, -0.2) is 4.79 Å². The van der Waals surface area contributed by atoms with Gasteiger partial charge in [0.15, 0.2) is 5.78 Å². The summed E-state index contributed by atoms with van der Waals surface area (Å²) in [6.07, 6.45) is 0.562. The van der Waals surface area contributed by atoms with E-state index in [0.29, 0.717) is 12.0 Å². The lowest BCUT2D eigenvalue weighted by molar-refractivity contribution is -0.118. The van der Waals surface area contributed by atoms with E-state index in [2.05, 4.69) is 69.1 Å². The number of nitrogens with one attached hydrogen (secondary N) is 1. The fourth-order valence-corrected chi connectivity index (χ4v) is 6.10. The summed E-state index contributed by atoms with van der Waals surface area (Å²) in [7, 11) is 0. The Labute approximate surface area is 224 Å². The van der Waals surface area contributed by atoms with Gasteiger partial charge in [0.25, 0.3) is 0 Å². The molecule has 3 aliphatic rings. The molecule has 0 fully saturated rings. The van der Waals surface area contributed by atoms with Gasteiger partial charge in [-0.3, -0.25) is 4.79 Å². The first kappa shape index (κ1) is 24.5. The zero-order chi connectivity index (χ0) is 26.8. The SMILES string of the molecule is CC1(C)CC(=O)C2=C(C1)Nc1ccccc1N([C@@H]1OC(=O)c3ccccc31)[C@@H]2c1ccc(C(C)(C)C)cc1. The zero-order valence-electron chi connectivity index (χ0n) is 22.7. The second-order valence-corrected chi connectivity index (χ2v) is 12.5. The predicted octanol–water partition coefficient (Wildman–Crippen LogP) is 7.47. The monoisotopic (exact) mass is 506 g/mol. The van der Waals surface area contributed by atoms with E-state index in [0.717, 1.165) is 40.2 Å². The molecule has 1 N–H and O–H groups in total. The van der Waals surface area contributed by atoms with Crippen LogP contribution in [0.1, 0.15) is 86.8 Å². The third kappa shape index (κ3) is 4.01. The lowest BCUT2D eigenvalue weighted by atomic mass is 9.73. The molecule has 38 heavy (non-hydrogen) atoms. The van der Waals surface area contributed by atoms with E-state index in [9.17, 15) is 9.59 Å². The summed E-state index contributed by atoms with van der Waals surface area (Å²) < 4.78 is 6.09. The molecule has 0 aromatic heterocycles. The molecule has 1 aliphatic carbocycles. The van der Waals surface area contributed by atoms with Crippen LogP contribution in [0, 0.1) is 5.41 Å². The number of anilines is 2. The number of carbonyl (C=O) groups is 2. The first-order chi connectivity index (χ1) is 18.0. The largest absolute Gasteiger partial charge is 0.433 e. The summed E-state index contributed by atoms with van der Waals surface area (Å²) in [6.45, 7) is 10.9. The van der Waals surface area contributed by atoms with E-state index in [1.54, 1.807) is 0 Å². The van der Waals surface area contributed by atoms with Crippen molar-refractivity contribution in [2.24, 2.45) is 5.41 Å². The number of ketones is 1. The number of esters is 1. The van der Waals surface area contributed by atoms with Crippen LogP contribution in [0.25, 0.3) is 0 Å². The van der Waals surface area contributed by atoms with Crippen molar-refractivity contribution in [3.63, 3.8) is 0 Å². The van der Waals surface area contributed by atoms with E-state index < -0.39 is 12.3 Å². The number of carbonyl (C=O) groups excluding carboxylic acids is 2. The smallest absolute Gasteiger partial charge is 0.340 e. The van der Waals surface area contributed by atoms with E-state index in [1.807, 2.05) is 48.5 Å². The third-order valence-electron chi connectivity index (χ3n) is 7.95. The number of hydrogen-bond acceptors (Lipinski definition) is 5. The van der Waals surface area contributed by atoms with Gasteiger partial charge in [0.05, 0.1) is 23.0 Å². The summed E-state index contributed by atoms with van der Waals surface area (Å²) in [6, 6.07) is 23.8. The van der Waals surface area contributed by atoms with Crippen molar-refractivity contribution >= 4 is 23.1 Å². The zero-order valence-corrected chi connectivity index (χ0v) is 22.7. The van der Waals surface area contributed by atoms with E-state index >= 15 is 0 Å². The summed E-state index contributed by atoms with van der Waals surface area (Å²) >= 11 is 0. The molecule has 0 saturated carbocycles. The molecule has 0 saturated heterocycles. The number of cyclic esters (lactones) is 1. The minimum absolute atomic E-state index is 0.00482. The Balaban J connectivity index is 1.62. The van der Waals surface area contributed by atoms with Gasteiger partial charge in [-0.05, 0) is 46.6 Å². The van der Waals surface area contributed by atoms with Crippen molar-refractivity contribution in [3.05, 3.63) is 106 Å². The molecule has 0 amide bonds. The molecule has 0 radical (unpaired) electrons. The van der Waals surface area contributed by atoms with Crippen molar-refractivity contribution < 1.29 is 14.3 Å². The number of allylic oxidation sites excluding steroid dienone is 1. The minimum Gasteiger partial charge on any atom is -0.433 e. The van der Waals surface area contributed by atoms with Gasteiger partial charge in [-0.1, -0.05) is 89.2 Å². The summed E-state index contributed by atoms with van der Waals surface area (Å²) in [5, 5.41) is 3.65. The third-order valence-corrected chi connectivity index (χ3v) is 7.95. The first-order valence-electron chi connectivity index (χ1n) is 13.3. The van der Waals surface area contributed by atoms with E-state index in [1.165, 1.54) is 5.56 Å². The molecule has 2 atom stereocenters. The van der Waals surface area contributed by atoms with Crippen LogP contribution in [0.5, 0.6) is 0 Å². The van der Waals surface area contributed by atoms with Crippen molar-refractivity contribution in [2.75, 3.05) is 10.2 Å². The number of fused-ring (bicyclic) bond motifs is 2. The number of ether oxygens (including phenoxy) is 1. The Morgan fingerprint density at radius 3 is 2.32 bits per heavy atom. The van der Waals surface area contributed by atoms with Crippen molar-refractivity contribution in [1.82, 2.24) is 0 Å². The van der Waals surface area contributed by atoms with Crippen LogP contribution in [-0.4, -0.2) is 11.8 Å². The Kier molecular flexibility index (Phi) is 5.53. The molecule has 6 rings (SSSR count). The predicted molar refractivity (Wildman–Crippen MR) is 150 cm³/mol. The molecule has 194 valence electrons. The summed E-state index contributed by atoms with van der Waals surface area (Å²) in [5.41, 5.74) is 6.96. The molecule has 0 unspecified atom stereocenters. The highest BCUT2D eigenvalue weighted by Crippen LogP contribution is 2.52. The van der Waals surface area contributed by atoms with Crippen molar-refractivity contribution in [2.45, 2.75) is 65.1 Å². The fourth-order valence-electron chi connectivity index (χ4n) is 6.10. The van der Waals surface area contributed by atoms with Crippen LogP contribution < -0.4 is 10.2 Å². The highest BCUT2D eigenvalue weighted by atomic mass is 16.6. The second kappa shape index (κ2) is 8.59. The topological polar surface area (TPSA) is 58.6 Å². The quantitative estimate of drug-likeness (QED) is 0.365. The van der Waals surface area contributed by atoms with Crippen molar-refractivity contribution in [1.29, 1.82) is 0 Å². The highest BCUT2D eigenvalue weighted by molar-refractivity contribution is 6.02. The molecule has 5 nitrogen and oxygen atoms in total. The molecule has 3 aromatic carbocycles. The van der Waals surface area contributed by atoms with Gasteiger partial charge >= 0.3 is 5.97 Å². The number of hydrogen-bond donors (Lipinski definition) is 1. The van der Waals surface area contributed by atoms with Gasteiger partial charge in [0.1, 0.15) is 0 Å². The molecule has 0 bridgehead atoms. The summed E-state index contributed by atoms with van der Waals surface area (Å²) in [5.74, 6) is -0.212. The number of rotatable bonds is 2. The standard InChI is InChI=1S/C33H34N2O3/c1-32(2,3)21-16-14-20(15-17-21)29-28-25(18-33(4,5)19-27(28)36)34-24-12-8-9-13-26(24)35(29)30-22-10-6-7-11-23(22)31(37)38-30/h6-17,29-30,34H,18-19H2,1-5H3/t29-,30-/m1/s1. The number of nitrogens with zero attached hydrogens (tertiary/aromatic N) is 1. The maximum Gasteiger partial charge on any atom is 0.340 e. The van der Waals surface area contributed by atoms with Gasteiger partial charge < -0.3 is 15.0 Å². The van der Waals surface area contributed by atoms with E-state index in [4.69, 9.17) is 4.74 Å². The molecule has 0 spiro atoms. The average Bonchev–Trinajstić information content (AvgIpc) is 3.11. The number of benzene rings is 3. The molecule has 2 heterocycles. The lowest BCUT2D eigenvalue weighted by Crippen LogP contribution is -2.38. The van der Waals surface area contributed by atoms with Crippen LogP contribution in [0.2, 0.25) is 0 Å². The number of para-hydroxylation sites is 2. The lowest BCUT2D eigenvalue weighted by Gasteiger charge is -2.40. The Morgan fingerprint density at radius 1 is 0.895 bits per heavy atom. The van der Waals surface area contributed by atoms with Crippen molar-refractivity contribution in [3.8, 4) is 0 Å². The highest BCUT2D eigenvalue weighted by Gasteiger charge is 2.46. The molecular formula is C33H34N2O3. The van der Waals surface area contributed by atoms with Gasteiger partial charge in [-0.2, -0.15) is 0 Å². The first-order valence-corrected chi connectivity index (χ1v) is 13.3. The normalized spacial score (nSPS) is 22.2. The fraction of sp³-hybridized carbons (Fsp3) is 0.333. The molecule has 5 heteroatoms. The van der Waals surface area contributed by atoms with Gasteiger partial charge in [0.2, 0.25) is 6.23 Å². The Morgan fingerprint density at radius 2 is 1.58 bits per heavy atom. The Bertz CT molecular complexity index is 1480. The van der Waals surface area contributed by atoms with Gasteiger partial charge in [0, 0.05) is 23.3 Å². The average molecular weight is 507 g/mol. The Hall–Kier alpha value is -3.86. The minimum atomic E-state index is -0.663. The maximum absolute atomic E-state index is 14.0. The summed E-state index contributed by atoms with van der Waals surface area (Å²) in [4.78, 5) is 29.1.